The van der Waals surface area contributed by atoms with Crippen LogP contribution in [-0.4, -0.2) is 10.9 Å². The van der Waals surface area contributed by atoms with Crippen LogP contribution in [0.2, 0.25) is 0 Å². The molecule has 0 bridgehead atoms. The fraction of sp³-hybridized carbons (Fsp3) is 0. The third-order valence-electron chi connectivity index (χ3n) is 9.56. The molecule has 10 aromatic carbocycles. The van der Waals surface area contributed by atoms with Gasteiger partial charge in [0.2, 0.25) is 0 Å². The largest absolute Gasteiger partial charge is 0.507 e. The zero-order valence-electron chi connectivity index (χ0n) is 23.0. The predicted molar refractivity (Wildman–Crippen MR) is 180 cm³/mol. The van der Waals surface area contributed by atoms with Gasteiger partial charge in [0.1, 0.15) is 5.75 Å². The van der Waals surface area contributed by atoms with Crippen molar-refractivity contribution in [3.8, 4) is 16.9 Å². The number of phenols is 1. The molecule has 0 atom stereocenters. The van der Waals surface area contributed by atoms with Crippen molar-refractivity contribution in [2.24, 2.45) is 0 Å². The number of phenolic OH excluding ortho intramolecular Hbond substituents is 1. The number of fused-ring (bicyclic) bond motifs is 1. The molecule has 0 saturated carbocycles. The minimum Gasteiger partial charge on any atom is -0.507 e. The van der Waals surface area contributed by atoms with Crippen LogP contribution in [0.5, 0.6) is 5.75 Å². The van der Waals surface area contributed by atoms with Gasteiger partial charge in [-0.15, -0.1) is 0 Å². The molecule has 43 heavy (non-hydrogen) atoms. The van der Waals surface area contributed by atoms with Gasteiger partial charge in [-0.3, -0.25) is 4.79 Å². The molecule has 0 aliphatic carbocycles. The molecule has 10 aromatic rings. The molecule has 10 rings (SSSR count). The van der Waals surface area contributed by atoms with Gasteiger partial charge in [0, 0.05) is 22.1 Å². The number of ketones is 1. The van der Waals surface area contributed by atoms with Crippen molar-refractivity contribution in [2.75, 3.05) is 0 Å². The number of aromatic hydroxyl groups is 1. The Labute approximate surface area is 246 Å². The number of hydrogen-bond acceptors (Lipinski definition) is 2. The van der Waals surface area contributed by atoms with Crippen molar-refractivity contribution in [1.29, 1.82) is 0 Å². The second-order valence-corrected chi connectivity index (χ2v) is 11.7. The van der Waals surface area contributed by atoms with E-state index in [-0.39, 0.29) is 11.5 Å². The second-order valence-electron chi connectivity index (χ2n) is 11.7. The molecular weight excluding hydrogens is 524 g/mol. The van der Waals surface area contributed by atoms with Gasteiger partial charge in [-0.25, -0.2) is 0 Å². The van der Waals surface area contributed by atoms with Crippen LogP contribution in [0.25, 0.3) is 86.5 Å². The molecule has 0 fully saturated rings. The molecule has 0 unspecified atom stereocenters. The van der Waals surface area contributed by atoms with Crippen LogP contribution < -0.4 is 0 Å². The topological polar surface area (TPSA) is 37.3 Å². The van der Waals surface area contributed by atoms with Gasteiger partial charge in [-0.1, -0.05) is 115 Å². The monoisotopic (exact) mass is 546 g/mol. The zero-order valence-corrected chi connectivity index (χ0v) is 23.0. The van der Waals surface area contributed by atoms with Crippen LogP contribution in [0.4, 0.5) is 0 Å². The maximum Gasteiger partial charge on any atom is 0.194 e. The molecule has 2 nitrogen and oxygen atoms in total. The first-order valence-corrected chi connectivity index (χ1v) is 14.6. The first-order chi connectivity index (χ1) is 21.2. The van der Waals surface area contributed by atoms with Gasteiger partial charge in [-0.05, 0) is 87.7 Å². The molecule has 1 N–H and O–H groups in total. The van der Waals surface area contributed by atoms with E-state index in [9.17, 15) is 9.90 Å². The summed E-state index contributed by atoms with van der Waals surface area (Å²) in [4.78, 5) is 14.7. The summed E-state index contributed by atoms with van der Waals surface area (Å²) < 4.78 is 0. The van der Waals surface area contributed by atoms with E-state index in [0.29, 0.717) is 11.1 Å². The third-order valence-corrected chi connectivity index (χ3v) is 9.56. The molecule has 0 aromatic heterocycles. The van der Waals surface area contributed by atoms with E-state index >= 15 is 0 Å². The Balaban J connectivity index is 1.51. The van der Waals surface area contributed by atoms with Crippen LogP contribution >= 0.6 is 0 Å². The lowest BCUT2D eigenvalue weighted by Gasteiger charge is -2.24. The summed E-state index contributed by atoms with van der Waals surface area (Å²) in [5.74, 6) is 0.189. The first-order valence-electron chi connectivity index (χ1n) is 14.6. The SMILES string of the molecule is O=C(c1ccccc1)c1c(-c2cc(O)c3ccccc3c2)c2ccc3ccc4ccc5ccc6ccc1c1c6c5c4c3c21. The predicted octanol–water partition coefficient (Wildman–Crippen LogP) is 10.7. The average Bonchev–Trinajstić information content (AvgIpc) is 3.06. The molecule has 0 aliphatic heterocycles. The molecule has 0 heterocycles. The summed E-state index contributed by atoms with van der Waals surface area (Å²) in [6, 6.07) is 43.3. The van der Waals surface area contributed by atoms with E-state index in [1.165, 1.54) is 48.5 Å². The van der Waals surface area contributed by atoms with Gasteiger partial charge in [0.25, 0.3) is 0 Å². The van der Waals surface area contributed by atoms with Crippen LogP contribution in [0.3, 0.4) is 0 Å². The van der Waals surface area contributed by atoms with E-state index in [2.05, 4.69) is 66.7 Å². The molecule has 2 heteroatoms. The van der Waals surface area contributed by atoms with E-state index in [4.69, 9.17) is 0 Å². The second kappa shape index (κ2) is 7.96. The smallest absolute Gasteiger partial charge is 0.194 e. The van der Waals surface area contributed by atoms with Crippen molar-refractivity contribution in [2.45, 2.75) is 0 Å². The summed E-state index contributed by atoms with van der Waals surface area (Å²) in [7, 11) is 0. The molecule has 0 amide bonds. The van der Waals surface area contributed by atoms with E-state index < -0.39 is 0 Å². The van der Waals surface area contributed by atoms with Gasteiger partial charge >= 0.3 is 0 Å². The summed E-state index contributed by atoms with van der Waals surface area (Å²) in [6.07, 6.45) is 0. The Bertz CT molecular complexity index is 2730. The lowest BCUT2D eigenvalue weighted by Crippen LogP contribution is -2.07. The van der Waals surface area contributed by atoms with Crippen molar-refractivity contribution < 1.29 is 9.90 Å². The van der Waals surface area contributed by atoms with E-state index in [1.54, 1.807) is 0 Å². The number of carbonyl (C=O) groups excluding carboxylic acids is 1. The lowest BCUT2D eigenvalue weighted by atomic mass is 9.78. The first kappa shape index (κ1) is 22.9. The van der Waals surface area contributed by atoms with Gasteiger partial charge in [0.05, 0.1) is 0 Å². The maximum atomic E-state index is 14.7. The minimum atomic E-state index is -0.0196. The van der Waals surface area contributed by atoms with Crippen molar-refractivity contribution >= 4 is 81.2 Å². The van der Waals surface area contributed by atoms with Gasteiger partial charge in [0.15, 0.2) is 5.78 Å². The highest BCUT2D eigenvalue weighted by Gasteiger charge is 2.28. The van der Waals surface area contributed by atoms with E-state index in [1.807, 2.05) is 60.7 Å². The Morgan fingerprint density at radius 2 is 0.953 bits per heavy atom. The molecule has 0 radical (unpaired) electrons. The minimum absolute atomic E-state index is 0.0196. The van der Waals surface area contributed by atoms with Crippen molar-refractivity contribution in [1.82, 2.24) is 0 Å². The summed E-state index contributed by atoms with van der Waals surface area (Å²) in [5, 5.41) is 27.1. The molecular formula is C41H22O2. The van der Waals surface area contributed by atoms with Crippen LogP contribution in [-0.2, 0) is 0 Å². The highest BCUT2D eigenvalue weighted by molar-refractivity contribution is 6.47. The normalized spacial score (nSPS) is 12.4. The van der Waals surface area contributed by atoms with E-state index in [0.717, 1.165) is 38.1 Å². The summed E-state index contributed by atoms with van der Waals surface area (Å²) >= 11 is 0. The fourth-order valence-electron chi connectivity index (χ4n) is 7.77. The summed E-state index contributed by atoms with van der Waals surface area (Å²) in [6.45, 7) is 0. The standard InChI is InChI=1S/C41H22O2/c42-32-21-28(20-27-8-4-5-9-29(27)32)33-30-18-16-24-14-12-22-10-11-23-13-15-25-17-19-31(40(33)41(43)26-6-2-1-3-7-26)39-37(25)35(23)34(22)36(24)38(30)39/h1-21,42H. The zero-order chi connectivity index (χ0) is 28.4. The van der Waals surface area contributed by atoms with Crippen molar-refractivity contribution in [3.63, 3.8) is 0 Å². The highest BCUT2D eigenvalue weighted by Crippen LogP contribution is 2.52. The highest BCUT2D eigenvalue weighted by atomic mass is 16.3. The molecule has 0 spiro atoms. The summed E-state index contributed by atoms with van der Waals surface area (Å²) in [5.41, 5.74) is 3.02. The van der Waals surface area contributed by atoms with Crippen LogP contribution in [0.15, 0.2) is 127 Å². The van der Waals surface area contributed by atoms with Crippen LogP contribution in [0.1, 0.15) is 15.9 Å². The van der Waals surface area contributed by atoms with Gasteiger partial charge < -0.3 is 5.11 Å². The number of carbonyl (C=O) groups is 1. The lowest BCUT2D eigenvalue weighted by molar-refractivity contribution is 0.104. The third kappa shape index (κ3) is 2.85. The van der Waals surface area contributed by atoms with Crippen molar-refractivity contribution in [3.05, 3.63) is 139 Å². The average molecular weight is 547 g/mol. The number of benzene rings is 10. The fourth-order valence-corrected chi connectivity index (χ4v) is 7.77. The Morgan fingerprint density at radius 1 is 0.442 bits per heavy atom. The van der Waals surface area contributed by atoms with Gasteiger partial charge in [-0.2, -0.15) is 0 Å². The molecule has 0 aliphatic rings. The van der Waals surface area contributed by atoms with Crippen LogP contribution in [0, 0.1) is 0 Å². The Kier molecular flexibility index (Phi) is 4.24. The Hall–Kier alpha value is -5.73. The Morgan fingerprint density at radius 3 is 1.60 bits per heavy atom. The number of hydrogen-bond donors (Lipinski definition) is 1. The molecule has 198 valence electrons. The number of rotatable bonds is 3. The quantitative estimate of drug-likeness (QED) is 0.136. The molecule has 0 saturated heterocycles. The maximum absolute atomic E-state index is 14.7.